The fourth-order valence-electron chi connectivity index (χ4n) is 11.7. The van der Waals surface area contributed by atoms with Gasteiger partial charge in [-0.25, -0.2) is 0 Å². The van der Waals surface area contributed by atoms with Crippen molar-refractivity contribution in [3.8, 4) is 67.5 Å². The van der Waals surface area contributed by atoms with Crippen molar-refractivity contribution >= 4 is 66.8 Å². The third-order valence-corrected chi connectivity index (χ3v) is 14.8. The van der Waals surface area contributed by atoms with E-state index in [0.717, 1.165) is 118 Å². The lowest BCUT2D eigenvalue weighted by Crippen LogP contribution is -2.16. The van der Waals surface area contributed by atoms with E-state index in [9.17, 15) is 0 Å². The molecule has 15 rings (SSSR count). The molecule has 0 unspecified atom stereocenters. The number of benzene rings is 11. The molecule has 4 nitrogen and oxygen atoms in total. The molecular weight excluding hydrogens is 853 g/mol. The molecule has 11 aromatic rings. The average molecular weight is 893 g/mol. The van der Waals surface area contributed by atoms with E-state index in [2.05, 4.69) is 211 Å². The summed E-state index contributed by atoms with van der Waals surface area (Å²) in [5.41, 5.74) is 22.2. The van der Waals surface area contributed by atoms with E-state index in [-0.39, 0.29) is 0 Å². The summed E-state index contributed by atoms with van der Waals surface area (Å²) in [6.07, 6.45) is 0. The van der Waals surface area contributed by atoms with Gasteiger partial charge in [0, 0.05) is 11.4 Å². The van der Waals surface area contributed by atoms with Crippen molar-refractivity contribution in [1.82, 2.24) is 0 Å². The zero-order valence-electron chi connectivity index (χ0n) is 37.9. The highest BCUT2D eigenvalue weighted by atomic mass is 16.5. The zero-order chi connectivity index (χ0) is 46.2. The van der Waals surface area contributed by atoms with Crippen molar-refractivity contribution < 1.29 is 9.47 Å². The lowest BCUT2D eigenvalue weighted by Gasteiger charge is -2.33. The fourth-order valence-corrected chi connectivity index (χ4v) is 11.7. The Morgan fingerprint density at radius 1 is 0.271 bits per heavy atom. The standard InChI is InChI=1S/C66H40N2O2/c1-39-45-15-3-5-17-47(45)49-31-27-41(35-53(39)49)65-51-33-29-43(67-57-19-7-11-23-61(57)69-62-24-12-8-20-58(62)67)37-55(51)66(42-28-32-50-48-18-6-4-16-46(48)40(2)54(50)36-42)56-38-44(30-34-52(56)65)68-59-21-9-13-25-63(59)70-64-26-14-10-22-60(64)68/h3-38H,1-2H2. The van der Waals surface area contributed by atoms with Gasteiger partial charge < -0.3 is 19.3 Å². The van der Waals surface area contributed by atoms with E-state index in [1.165, 1.54) is 38.9 Å². The van der Waals surface area contributed by atoms with Gasteiger partial charge in [-0.3, -0.25) is 0 Å². The minimum atomic E-state index is 0.813. The van der Waals surface area contributed by atoms with Crippen molar-refractivity contribution in [3.05, 3.63) is 254 Å². The summed E-state index contributed by atoms with van der Waals surface area (Å²) in [6, 6.07) is 78.5. The van der Waals surface area contributed by atoms with Gasteiger partial charge in [0.15, 0.2) is 23.0 Å². The largest absolute Gasteiger partial charge is 0.453 e. The van der Waals surface area contributed by atoms with E-state index in [0.29, 0.717) is 0 Å². The first-order valence-corrected chi connectivity index (χ1v) is 23.8. The third kappa shape index (κ3) is 5.47. The molecule has 0 radical (unpaired) electrons. The van der Waals surface area contributed by atoms with Crippen molar-refractivity contribution in [2.75, 3.05) is 9.80 Å². The fraction of sp³-hybridized carbons (Fsp3) is 0. The van der Waals surface area contributed by atoms with Gasteiger partial charge in [0.2, 0.25) is 0 Å². The average Bonchev–Trinajstić information content (AvgIpc) is 3.86. The zero-order valence-corrected chi connectivity index (χ0v) is 37.9. The summed E-state index contributed by atoms with van der Waals surface area (Å²) >= 11 is 0. The number of para-hydroxylation sites is 8. The van der Waals surface area contributed by atoms with Crippen molar-refractivity contribution in [3.63, 3.8) is 0 Å². The Labute approximate surface area is 405 Å². The molecule has 11 aromatic carbocycles. The smallest absolute Gasteiger partial charge is 0.151 e. The second-order valence-electron chi connectivity index (χ2n) is 18.5. The van der Waals surface area contributed by atoms with Gasteiger partial charge >= 0.3 is 0 Å². The van der Waals surface area contributed by atoms with E-state index in [1.54, 1.807) is 0 Å². The number of nitrogens with zero attached hydrogens (tertiary/aromatic N) is 2. The number of fused-ring (bicyclic) bond motifs is 12. The molecule has 0 fully saturated rings. The van der Waals surface area contributed by atoms with E-state index in [4.69, 9.17) is 16.1 Å². The van der Waals surface area contributed by atoms with Crippen LogP contribution in [0.2, 0.25) is 0 Å². The van der Waals surface area contributed by atoms with Gasteiger partial charge in [0.1, 0.15) is 0 Å². The van der Waals surface area contributed by atoms with Gasteiger partial charge in [-0.1, -0.05) is 147 Å². The SMILES string of the molecule is C=C1c2ccccc2-c2ccc(-c3c4ccc(N5c6ccccc6Oc6ccccc65)cc4c(-c4ccc5c(c4)C(=C)c4ccccc4-5)c4cc(N5c6ccccc6Oc6ccccc65)ccc34)cc21. The van der Waals surface area contributed by atoms with E-state index in [1.807, 2.05) is 24.3 Å². The predicted molar refractivity (Wildman–Crippen MR) is 289 cm³/mol. The molecular formula is C66H40N2O2. The second-order valence-corrected chi connectivity index (χ2v) is 18.5. The molecule has 0 atom stereocenters. The predicted octanol–water partition coefficient (Wildman–Crippen LogP) is 18.6. The Morgan fingerprint density at radius 2 is 0.600 bits per heavy atom. The first-order chi connectivity index (χ1) is 34.6. The van der Waals surface area contributed by atoms with Crippen LogP contribution in [0.4, 0.5) is 34.1 Å². The van der Waals surface area contributed by atoms with Crippen LogP contribution in [0.5, 0.6) is 23.0 Å². The van der Waals surface area contributed by atoms with Crippen LogP contribution >= 0.6 is 0 Å². The summed E-state index contributed by atoms with van der Waals surface area (Å²) < 4.78 is 13.1. The summed E-state index contributed by atoms with van der Waals surface area (Å²) in [7, 11) is 0. The van der Waals surface area contributed by atoms with Gasteiger partial charge in [-0.15, -0.1) is 0 Å². The molecule has 70 heavy (non-hydrogen) atoms. The molecule has 2 aliphatic heterocycles. The first-order valence-electron chi connectivity index (χ1n) is 23.8. The topological polar surface area (TPSA) is 24.9 Å². The molecule has 0 N–H and O–H groups in total. The number of hydrogen-bond donors (Lipinski definition) is 0. The minimum absolute atomic E-state index is 0.813. The van der Waals surface area contributed by atoms with Gasteiger partial charge in [-0.2, -0.15) is 0 Å². The van der Waals surface area contributed by atoms with Crippen LogP contribution in [-0.4, -0.2) is 0 Å². The molecule has 0 spiro atoms. The summed E-state index contributed by atoms with van der Waals surface area (Å²) in [6.45, 7) is 9.35. The van der Waals surface area contributed by atoms with E-state index < -0.39 is 0 Å². The van der Waals surface area contributed by atoms with Crippen LogP contribution in [0.3, 0.4) is 0 Å². The highest BCUT2D eigenvalue weighted by Crippen LogP contribution is 2.56. The van der Waals surface area contributed by atoms with Crippen LogP contribution in [0.1, 0.15) is 22.3 Å². The lowest BCUT2D eigenvalue weighted by atomic mass is 9.84. The molecule has 0 saturated heterocycles. The minimum Gasteiger partial charge on any atom is -0.453 e. The second kappa shape index (κ2) is 14.6. The van der Waals surface area contributed by atoms with Crippen molar-refractivity contribution in [1.29, 1.82) is 0 Å². The monoisotopic (exact) mass is 892 g/mol. The highest BCUT2D eigenvalue weighted by molar-refractivity contribution is 6.23. The van der Waals surface area contributed by atoms with Crippen LogP contribution in [-0.2, 0) is 0 Å². The molecule has 4 aliphatic rings. The molecule has 0 aromatic heterocycles. The molecule has 0 amide bonds. The summed E-state index contributed by atoms with van der Waals surface area (Å²) in [5.74, 6) is 3.25. The molecule has 0 saturated carbocycles. The quantitative estimate of drug-likeness (QED) is 0.164. The first kappa shape index (κ1) is 38.7. The maximum Gasteiger partial charge on any atom is 0.151 e. The lowest BCUT2D eigenvalue weighted by molar-refractivity contribution is 0.477. The number of rotatable bonds is 4. The van der Waals surface area contributed by atoms with Crippen LogP contribution in [0.15, 0.2) is 232 Å². The Morgan fingerprint density at radius 3 is 1.00 bits per heavy atom. The Kier molecular flexibility index (Phi) is 8.05. The summed E-state index contributed by atoms with van der Waals surface area (Å²) in [4.78, 5) is 4.69. The van der Waals surface area contributed by atoms with Crippen LogP contribution in [0.25, 0.3) is 77.2 Å². The van der Waals surface area contributed by atoms with Crippen LogP contribution in [0, 0.1) is 0 Å². The highest BCUT2D eigenvalue weighted by Gasteiger charge is 2.31. The molecule has 2 heterocycles. The molecule has 4 heteroatoms. The maximum atomic E-state index is 6.54. The van der Waals surface area contributed by atoms with Crippen LogP contribution < -0.4 is 19.3 Å². The maximum absolute atomic E-state index is 6.54. The Bertz CT molecular complexity index is 3890. The van der Waals surface area contributed by atoms with Crippen molar-refractivity contribution in [2.45, 2.75) is 0 Å². The molecule has 0 bridgehead atoms. The third-order valence-electron chi connectivity index (χ3n) is 14.8. The van der Waals surface area contributed by atoms with Gasteiger partial charge in [-0.05, 0) is 184 Å². The number of anilines is 6. The normalized spacial score (nSPS) is 13.4. The molecule has 326 valence electrons. The van der Waals surface area contributed by atoms with Crippen molar-refractivity contribution in [2.24, 2.45) is 0 Å². The Balaban J connectivity index is 1.06. The Hall–Kier alpha value is -9.38. The van der Waals surface area contributed by atoms with Gasteiger partial charge in [0.25, 0.3) is 0 Å². The number of hydrogen-bond acceptors (Lipinski definition) is 4. The number of ether oxygens (including phenoxy) is 2. The summed E-state index contributed by atoms with van der Waals surface area (Å²) in [5, 5.41) is 4.56. The van der Waals surface area contributed by atoms with Gasteiger partial charge in [0.05, 0.1) is 22.7 Å². The van der Waals surface area contributed by atoms with E-state index >= 15 is 0 Å². The molecule has 2 aliphatic carbocycles.